The molecule has 3 heterocycles. The van der Waals surface area contributed by atoms with Gasteiger partial charge in [-0.3, -0.25) is 9.48 Å². The Morgan fingerprint density at radius 1 is 1.45 bits per heavy atom. The summed E-state index contributed by atoms with van der Waals surface area (Å²) in [5, 5.41) is 4.24. The SMILES string of the molecule is Cc1cc([C@H](C)C(=O)N2CCC[C@H]2c2cnn(C)c2)c(C)o1. The van der Waals surface area contributed by atoms with Crippen LogP contribution in [-0.2, 0) is 11.8 Å². The second-order valence-electron chi connectivity index (χ2n) is 6.23. The summed E-state index contributed by atoms with van der Waals surface area (Å²) in [5.41, 5.74) is 2.12. The summed E-state index contributed by atoms with van der Waals surface area (Å²) < 4.78 is 7.37. The molecule has 1 aliphatic rings. The molecule has 0 aliphatic carbocycles. The number of nitrogens with zero attached hydrogens (tertiary/aromatic N) is 3. The third-order valence-electron chi connectivity index (χ3n) is 4.56. The van der Waals surface area contributed by atoms with Crippen LogP contribution in [0.4, 0.5) is 0 Å². The molecule has 22 heavy (non-hydrogen) atoms. The normalized spacial score (nSPS) is 19.6. The van der Waals surface area contributed by atoms with Gasteiger partial charge in [-0.25, -0.2) is 0 Å². The Morgan fingerprint density at radius 2 is 2.23 bits per heavy atom. The number of aryl methyl sites for hydroxylation is 3. The van der Waals surface area contributed by atoms with E-state index >= 15 is 0 Å². The molecule has 2 aromatic rings. The molecule has 3 rings (SSSR count). The smallest absolute Gasteiger partial charge is 0.230 e. The molecule has 1 saturated heterocycles. The predicted molar refractivity (Wildman–Crippen MR) is 83.5 cm³/mol. The minimum Gasteiger partial charge on any atom is -0.466 e. The van der Waals surface area contributed by atoms with Crippen molar-refractivity contribution < 1.29 is 9.21 Å². The van der Waals surface area contributed by atoms with Crippen molar-refractivity contribution in [2.45, 2.75) is 45.6 Å². The van der Waals surface area contributed by atoms with Gasteiger partial charge in [0.2, 0.25) is 5.91 Å². The fourth-order valence-corrected chi connectivity index (χ4v) is 3.45. The van der Waals surface area contributed by atoms with E-state index in [1.807, 2.05) is 51.2 Å². The van der Waals surface area contributed by atoms with Crippen LogP contribution < -0.4 is 0 Å². The van der Waals surface area contributed by atoms with Gasteiger partial charge in [-0.05, 0) is 39.7 Å². The number of carbonyl (C=O) groups excluding carboxylic acids is 1. The van der Waals surface area contributed by atoms with Gasteiger partial charge in [0.25, 0.3) is 0 Å². The van der Waals surface area contributed by atoms with Gasteiger partial charge >= 0.3 is 0 Å². The lowest BCUT2D eigenvalue weighted by Crippen LogP contribution is -2.33. The second-order valence-corrected chi connectivity index (χ2v) is 6.23. The summed E-state index contributed by atoms with van der Waals surface area (Å²) in [6.45, 7) is 6.63. The highest BCUT2D eigenvalue weighted by molar-refractivity contribution is 5.84. The molecular formula is C17H23N3O2. The molecule has 0 aromatic carbocycles. The monoisotopic (exact) mass is 301 g/mol. The van der Waals surface area contributed by atoms with E-state index in [1.54, 1.807) is 4.68 Å². The van der Waals surface area contributed by atoms with Gasteiger partial charge in [-0.15, -0.1) is 0 Å². The highest BCUT2D eigenvalue weighted by Gasteiger charge is 2.34. The van der Waals surface area contributed by atoms with Gasteiger partial charge in [-0.1, -0.05) is 0 Å². The quantitative estimate of drug-likeness (QED) is 0.875. The minimum atomic E-state index is -0.172. The summed E-state index contributed by atoms with van der Waals surface area (Å²) in [6, 6.07) is 2.13. The Morgan fingerprint density at radius 3 is 2.82 bits per heavy atom. The maximum atomic E-state index is 13.0. The standard InChI is InChI=1S/C17H23N3O2/c1-11-8-15(13(3)22-11)12(2)17(21)20-7-5-6-16(20)14-9-18-19(4)10-14/h8-10,12,16H,5-7H2,1-4H3/t12-,16-/m0/s1. The van der Waals surface area contributed by atoms with Crippen molar-refractivity contribution in [2.24, 2.45) is 7.05 Å². The zero-order valence-electron chi connectivity index (χ0n) is 13.7. The molecule has 1 aliphatic heterocycles. The first-order valence-electron chi connectivity index (χ1n) is 7.83. The number of hydrogen-bond acceptors (Lipinski definition) is 3. The van der Waals surface area contributed by atoms with Crippen molar-refractivity contribution in [3.63, 3.8) is 0 Å². The number of aromatic nitrogens is 2. The highest BCUT2D eigenvalue weighted by atomic mass is 16.3. The molecule has 1 fully saturated rings. The maximum absolute atomic E-state index is 13.0. The lowest BCUT2D eigenvalue weighted by Gasteiger charge is -2.27. The van der Waals surface area contributed by atoms with Gasteiger partial charge in [0.15, 0.2) is 0 Å². The largest absolute Gasteiger partial charge is 0.466 e. The third-order valence-corrected chi connectivity index (χ3v) is 4.56. The number of rotatable bonds is 3. The summed E-state index contributed by atoms with van der Waals surface area (Å²) >= 11 is 0. The van der Waals surface area contributed by atoms with E-state index in [-0.39, 0.29) is 17.9 Å². The van der Waals surface area contributed by atoms with Crippen molar-refractivity contribution in [2.75, 3.05) is 6.54 Å². The Kier molecular flexibility index (Phi) is 3.81. The second kappa shape index (κ2) is 5.63. The van der Waals surface area contributed by atoms with Crippen molar-refractivity contribution in [3.8, 4) is 0 Å². The van der Waals surface area contributed by atoms with Crippen LogP contribution in [0.25, 0.3) is 0 Å². The maximum Gasteiger partial charge on any atom is 0.230 e. The molecule has 118 valence electrons. The fraction of sp³-hybridized carbons (Fsp3) is 0.529. The topological polar surface area (TPSA) is 51.3 Å². The van der Waals surface area contributed by atoms with Crippen molar-refractivity contribution in [1.82, 2.24) is 14.7 Å². The first-order chi connectivity index (χ1) is 10.5. The molecule has 1 amide bonds. The van der Waals surface area contributed by atoms with Crippen molar-refractivity contribution >= 4 is 5.91 Å². The number of furan rings is 1. The van der Waals surface area contributed by atoms with Crippen LogP contribution in [0.3, 0.4) is 0 Å². The lowest BCUT2D eigenvalue weighted by molar-refractivity contribution is -0.133. The molecule has 0 N–H and O–H groups in total. The molecule has 2 atom stereocenters. The Hall–Kier alpha value is -2.04. The van der Waals surface area contributed by atoms with E-state index in [0.29, 0.717) is 0 Å². The van der Waals surface area contributed by atoms with Gasteiger partial charge in [0, 0.05) is 30.9 Å². The van der Waals surface area contributed by atoms with Gasteiger partial charge in [-0.2, -0.15) is 5.10 Å². The molecule has 5 heteroatoms. The summed E-state index contributed by atoms with van der Waals surface area (Å²) in [6.07, 6.45) is 5.93. The molecular weight excluding hydrogens is 278 g/mol. The summed E-state index contributed by atoms with van der Waals surface area (Å²) in [4.78, 5) is 15.0. The van der Waals surface area contributed by atoms with Crippen molar-refractivity contribution in [3.05, 3.63) is 41.1 Å². The predicted octanol–water partition coefficient (Wildman–Crippen LogP) is 3.10. The third kappa shape index (κ3) is 2.56. The van der Waals surface area contributed by atoms with E-state index in [0.717, 1.165) is 42.0 Å². The van der Waals surface area contributed by atoms with E-state index in [4.69, 9.17) is 4.42 Å². The van der Waals surface area contributed by atoms with E-state index in [2.05, 4.69) is 5.10 Å². The van der Waals surface area contributed by atoms with E-state index in [9.17, 15) is 4.79 Å². The number of amides is 1. The van der Waals surface area contributed by atoms with Crippen LogP contribution in [0.5, 0.6) is 0 Å². The number of hydrogen-bond donors (Lipinski definition) is 0. The van der Waals surface area contributed by atoms with Crippen LogP contribution in [0.2, 0.25) is 0 Å². The molecule has 0 radical (unpaired) electrons. The molecule has 5 nitrogen and oxygen atoms in total. The van der Waals surface area contributed by atoms with Crippen LogP contribution in [-0.4, -0.2) is 27.1 Å². The zero-order chi connectivity index (χ0) is 15.9. The average molecular weight is 301 g/mol. The summed E-state index contributed by atoms with van der Waals surface area (Å²) in [5.74, 6) is 1.71. The Labute approximate surface area is 130 Å². The molecule has 0 bridgehead atoms. The minimum absolute atomic E-state index is 0.150. The number of carbonyl (C=O) groups is 1. The van der Waals surface area contributed by atoms with Crippen LogP contribution >= 0.6 is 0 Å². The first-order valence-corrected chi connectivity index (χ1v) is 7.83. The fourth-order valence-electron chi connectivity index (χ4n) is 3.45. The van der Waals surface area contributed by atoms with Crippen molar-refractivity contribution in [1.29, 1.82) is 0 Å². The molecule has 0 saturated carbocycles. The highest BCUT2D eigenvalue weighted by Crippen LogP contribution is 2.35. The van der Waals surface area contributed by atoms with Gasteiger partial charge in [0.1, 0.15) is 11.5 Å². The number of likely N-dealkylation sites (tertiary alicyclic amines) is 1. The van der Waals surface area contributed by atoms with Gasteiger partial charge in [0.05, 0.1) is 18.2 Å². The van der Waals surface area contributed by atoms with Gasteiger partial charge < -0.3 is 9.32 Å². The summed E-state index contributed by atoms with van der Waals surface area (Å²) in [7, 11) is 1.91. The molecule has 2 aromatic heterocycles. The lowest BCUT2D eigenvalue weighted by atomic mass is 9.99. The van der Waals surface area contributed by atoms with Crippen LogP contribution in [0, 0.1) is 13.8 Å². The van der Waals surface area contributed by atoms with E-state index in [1.165, 1.54) is 0 Å². The average Bonchev–Trinajstić information content (AvgIpc) is 3.17. The first kappa shape index (κ1) is 14.9. The van der Waals surface area contributed by atoms with Crippen LogP contribution in [0.15, 0.2) is 22.9 Å². The zero-order valence-corrected chi connectivity index (χ0v) is 13.7. The van der Waals surface area contributed by atoms with Crippen LogP contribution in [0.1, 0.15) is 54.4 Å². The molecule has 0 unspecified atom stereocenters. The Balaban J connectivity index is 1.83. The Bertz CT molecular complexity index is 686. The van der Waals surface area contributed by atoms with E-state index < -0.39 is 0 Å². The molecule has 0 spiro atoms.